The van der Waals surface area contributed by atoms with Gasteiger partial charge in [-0.25, -0.2) is 4.79 Å². The van der Waals surface area contributed by atoms with Crippen LogP contribution in [0.4, 0.5) is 4.79 Å². The van der Waals surface area contributed by atoms with Crippen molar-refractivity contribution in [2.45, 2.75) is 44.4 Å². The summed E-state index contributed by atoms with van der Waals surface area (Å²) in [5.41, 5.74) is 3.74. The smallest absolute Gasteiger partial charge is 0.407 e. The van der Waals surface area contributed by atoms with Crippen LogP contribution in [-0.2, 0) is 14.3 Å². The maximum Gasteiger partial charge on any atom is 0.407 e. The molecule has 0 aliphatic heterocycles. The Bertz CT molecular complexity index is 983. The van der Waals surface area contributed by atoms with Crippen LogP contribution < -0.4 is 10.6 Å². The molecule has 1 saturated carbocycles. The fourth-order valence-electron chi connectivity index (χ4n) is 4.98. The molecule has 0 heterocycles. The van der Waals surface area contributed by atoms with Gasteiger partial charge in [0.05, 0.1) is 5.41 Å². The van der Waals surface area contributed by atoms with Gasteiger partial charge in [0.25, 0.3) is 0 Å². The van der Waals surface area contributed by atoms with Gasteiger partial charge in [-0.05, 0) is 35.1 Å². The number of carboxylic acid groups (broad SMARTS) is 1. The molecule has 0 saturated heterocycles. The molecule has 2 amide bonds. The monoisotopic (exact) mass is 450 g/mol. The number of hydrogen-bond acceptors (Lipinski definition) is 4. The maximum absolute atomic E-state index is 12.2. The van der Waals surface area contributed by atoms with Gasteiger partial charge in [0.2, 0.25) is 5.91 Å². The lowest BCUT2D eigenvalue weighted by molar-refractivity contribution is -0.151. The summed E-state index contributed by atoms with van der Waals surface area (Å²) in [5, 5.41) is 14.9. The van der Waals surface area contributed by atoms with Crippen LogP contribution in [0.5, 0.6) is 0 Å². The lowest BCUT2D eigenvalue weighted by atomic mass is 9.74. The van der Waals surface area contributed by atoms with E-state index in [1.165, 1.54) is 0 Å². The number of rotatable bonds is 8. The summed E-state index contributed by atoms with van der Waals surface area (Å²) in [4.78, 5) is 36.1. The van der Waals surface area contributed by atoms with E-state index in [1.54, 1.807) is 0 Å². The van der Waals surface area contributed by atoms with Crippen molar-refractivity contribution in [3.8, 4) is 11.1 Å². The molecule has 0 atom stereocenters. The molecule has 2 aromatic carbocycles. The van der Waals surface area contributed by atoms with Gasteiger partial charge in [-0.15, -0.1) is 0 Å². The first-order chi connectivity index (χ1) is 16.0. The van der Waals surface area contributed by atoms with Gasteiger partial charge < -0.3 is 20.5 Å². The first-order valence-electron chi connectivity index (χ1n) is 11.6. The Labute approximate surface area is 193 Å². The second-order valence-corrected chi connectivity index (χ2v) is 8.93. The van der Waals surface area contributed by atoms with E-state index in [2.05, 4.69) is 34.9 Å². The molecule has 0 radical (unpaired) electrons. The Hall–Kier alpha value is -3.35. The Balaban J connectivity index is 1.22. The predicted molar refractivity (Wildman–Crippen MR) is 124 cm³/mol. The lowest BCUT2D eigenvalue weighted by Gasteiger charge is -2.33. The second-order valence-electron chi connectivity index (χ2n) is 8.93. The summed E-state index contributed by atoms with van der Waals surface area (Å²) in [6.07, 6.45) is 3.43. The highest BCUT2D eigenvalue weighted by atomic mass is 16.5. The molecular formula is C26H30N2O5. The van der Waals surface area contributed by atoms with Crippen molar-refractivity contribution in [2.24, 2.45) is 5.41 Å². The van der Waals surface area contributed by atoms with Crippen LogP contribution in [-0.4, -0.2) is 42.8 Å². The summed E-state index contributed by atoms with van der Waals surface area (Å²) in [7, 11) is 0. The van der Waals surface area contributed by atoms with Gasteiger partial charge in [0.15, 0.2) is 0 Å². The summed E-state index contributed by atoms with van der Waals surface area (Å²) >= 11 is 0. The molecule has 0 aromatic heterocycles. The van der Waals surface area contributed by atoms with Crippen molar-refractivity contribution in [3.05, 3.63) is 59.7 Å². The Morgan fingerprint density at radius 2 is 1.52 bits per heavy atom. The number of carboxylic acids is 1. The Morgan fingerprint density at radius 3 is 2.12 bits per heavy atom. The van der Waals surface area contributed by atoms with Gasteiger partial charge in [0, 0.05) is 25.4 Å². The number of amides is 2. The van der Waals surface area contributed by atoms with E-state index < -0.39 is 17.5 Å². The summed E-state index contributed by atoms with van der Waals surface area (Å²) in [6, 6.07) is 16.2. The molecule has 3 N–H and O–H groups in total. The second kappa shape index (κ2) is 10.1. The number of carbonyl (C=O) groups is 3. The number of alkyl carbamates (subject to hydrolysis) is 1. The first-order valence-corrected chi connectivity index (χ1v) is 11.6. The van der Waals surface area contributed by atoms with E-state index in [1.807, 2.05) is 24.3 Å². The average Bonchev–Trinajstić information content (AvgIpc) is 3.16. The van der Waals surface area contributed by atoms with Crippen LogP contribution in [0.2, 0.25) is 0 Å². The Morgan fingerprint density at radius 1 is 0.909 bits per heavy atom. The van der Waals surface area contributed by atoms with Gasteiger partial charge in [-0.3, -0.25) is 9.59 Å². The number of aliphatic carboxylic acids is 1. The standard InChI is InChI=1S/C26H30N2O5/c29-23(28-17-26(24(30)31)13-6-1-7-14-26)12-15-27-25(32)33-16-22-20-10-4-2-8-18(20)19-9-3-5-11-21(19)22/h2-5,8-11,22H,1,6-7,12-17H2,(H,27,32)(H,28,29)(H,30,31). The summed E-state index contributed by atoms with van der Waals surface area (Å²) in [6.45, 7) is 0.474. The van der Waals surface area contributed by atoms with Crippen molar-refractivity contribution >= 4 is 18.0 Å². The number of benzene rings is 2. The van der Waals surface area contributed by atoms with Crippen LogP contribution in [0, 0.1) is 5.41 Å². The molecule has 7 heteroatoms. The molecule has 4 rings (SSSR count). The maximum atomic E-state index is 12.2. The molecule has 33 heavy (non-hydrogen) atoms. The number of fused-ring (bicyclic) bond motifs is 3. The van der Waals surface area contributed by atoms with Crippen molar-refractivity contribution < 1.29 is 24.2 Å². The summed E-state index contributed by atoms with van der Waals surface area (Å²) in [5.74, 6) is -1.14. The number of nitrogens with one attached hydrogen (secondary N) is 2. The normalized spacial score (nSPS) is 16.4. The topological polar surface area (TPSA) is 105 Å². The van der Waals surface area contributed by atoms with Crippen molar-refractivity contribution in [1.82, 2.24) is 10.6 Å². The van der Waals surface area contributed by atoms with Crippen LogP contribution in [0.15, 0.2) is 48.5 Å². The van der Waals surface area contributed by atoms with Crippen molar-refractivity contribution in [2.75, 3.05) is 19.7 Å². The zero-order valence-corrected chi connectivity index (χ0v) is 18.6. The first kappa shape index (κ1) is 22.8. The molecule has 0 unspecified atom stereocenters. The third kappa shape index (κ3) is 5.02. The molecule has 2 aliphatic carbocycles. The van der Waals surface area contributed by atoms with Gasteiger partial charge in [0.1, 0.15) is 6.61 Å². The molecular weight excluding hydrogens is 420 g/mol. The largest absolute Gasteiger partial charge is 0.481 e. The van der Waals surface area contributed by atoms with E-state index >= 15 is 0 Å². The zero-order chi connectivity index (χ0) is 23.3. The molecule has 2 aliphatic rings. The van der Waals surface area contributed by atoms with Gasteiger partial charge in [-0.1, -0.05) is 67.8 Å². The average molecular weight is 451 g/mol. The number of carbonyl (C=O) groups excluding carboxylic acids is 2. The highest BCUT2D eigenvalue weighted by Crippen LogP contribution is 2.44. The van der Waals surface area contributed by atoms with E-state index in [-0.39, 0.29) is 37.9 Å². The van der Waals surface area contributed by atoms with Crippen LogP contribution in [0.25, 0.3) is 11.1 Å². The SMILES string of the molecule is O=C(CCNC(=O)OCC1c2ccccc2-c2ccccc21)NCC1(C(=O)O)CCCCC1. The fraction of sp³-hybridized carbons (Fsp3) is 0.423. The molecule has 7 nitrogen and oxygen atoms in total. The van der Waals surface area contributed by atoms with Crippen LogP contribution in [0.3, 0.4) is 0 Å². The van der Waals surface area contributed by atoms with Gasteiger partial charge in [-0.2, -0.15) is 0 Å². The minimum atomic E-state index is -0.867. The molecule has 2 aromatic rings. The minimum Gasteiger partial charge on any atom is -0.481 e. The predicted octanol–water partition coefficient (Wildman–Crippen LogP) is 4.07. The third-order valence-electron chi connectivity index (χ3n) is 6.85. The van der Waals surface area contributed by atoms with E-state index in [4.69, 9.17) is 4.74 Å². The molecule has 1 fully saturated rings. The number of hydrogen-bond donors (Lipinski definition) is 3. The highest BCUT2D eigenvalue weighted by molar-refractivity contribution is 5.80. The van der Waals surface area contributed by atoms with E-state index in [9.17, 15) is 19.5 Å². The fourth-order valence-corrected chi connectivity index (χ4v) is 4.98. The quantitative estimate of drug-likeness (QED) is 0.562. The van der Waals surface area contributed by atoms with Crippen LogP contribution in [0.1, 0.15) is 55.6 Å². The molecule has 0 bridgehead atoms. The lowest BCUT2D eigenvalue weighted by Crippen LogP contribution is -2.44. The van der Waals surface area contributed by atoms with Crippen molar-refractivity contribution in [3.63, 3.8) is 0 Å². The minimum absolute atomic E-state index is 0.0193. The molecule has 174 valence electrons. The van der Waals surface area contributed by atoms with Crippen LogP contribution >= 0.6 is 0 Å². The van der Waals surface area contributed by atoms with E-state index in [0.717, 1.165) is 41.5 Å². The Kier molecular flexibility index (Phi) is 6.96. The van der Waals surface area contributed by atoms with Crippen molar-refractivity contribution in [1.29, 1.82) is 0 Å². The third-order valence-corrected chi connectivity index (χ3v) is 6.85. The zero-order valence-electron chi connectivity index (χ0n) is 18.6. The van der Waals surface area contributed by atoms with Gasteiger partial charge >= 0.3 is 12.1 Å². The number of ether oxygens (including phenoxy) is 1. The summed E-state index contributed by atoms with van der Waals surface area (Å²) < 4.78 is 5.46. The molecule has 0 spiro atoms. The van der Waals surface area contributed by atoms with E-state index in [0.29, 0.717) is 12.8 Å². The highest BCUT2D eigenvalue weighted by Gasteiger charge is 2.39.